The van der Waals surface area contributed by atoms with Crippen molar-refractivity contribution in [2.75, 3.05) is 0 Å². The highest BCUT2D eigenvalue weighted by Crippen LogP contribution is 2.35. The van der Waals surface area contributed by atoms with E-state index in [0.717, 1.165) is 35.5 Å². The highest BCUT2D eigenvalue weighted by molar-refractivity contribution is 5.92. The van der Waals surface area contributed by atoms with Gasteiger partial charge in [0.2, 0.25) is 0 Å². The summed E-state index contributed by atoms with van der Waals surface area (Å²) in [6, 6.07) is 6.24. The summed E-state index contributed by atoms with van der Waals surface area (Å²) in [6.07, 6.45) is 12.3. The number of primary amides is 1. The van der Waals surface area contributed by atoms with E-state index in [9.17, 15) is 4.79 Å². The lowest BCUT2D eigenvalue weighted by Crippen LogP contribution is -2.17. The van der Waals surface area contributed by atoms with Crippen molar-refractivity contribution in [1.29, 1.82) is 0 Å². The van der Waals surface area contributed by atoms with Gasteiger partial charge in [-0.05, 0) is 37.5 Å². The number of nitrogens with zero attached hydrogens (tertiary/aromatic N) is 6. The van der Waals surface area contributed by atoms with Crippen LogP contribution in [-0.2, 0) is 0 Å². The topological polar surface area (TPSA) is 109 Å². The van der Waals surface area contributed by atoms with Crippen molar-refractivity contribution in [3.63, 3.8) is 0 Å². The Bertz CT molecular complexity index is 1380. The fourth-order valence-corrected chi connectivity index (χ4v) is 3.86. The van der Waals surface area contributed by atoms with E-state index in [4.69, 9.17) is 15.2 Å². The average molecular weight is 387 g/mol. The standard InChI is InChI=1S/C20H17N7O2/c21-19(28)15-10-22-16-5-4-12(11-26(15)16)18-17(23-20-25(18)8-9-29-20)14-6-7-27(24-14)13-2-1-3-13/h4-11,13H,1-3H2,(H2,21,28). The van der Waals surface area contributed by atoms with Gasteiger partial charge in [-0.2, -0.15) is 10.1 Å². The van der Waals surface area contributed by atoms with Crippen LogP contribution < -0.4 is 5.73 Å². The van der Waals surface area contributed by atoms with E-state index in [0.29, 0.717) is 23.2 Å². The molecule has 0 unspecified atom stereocenters. The summed E-state index contributed by atoms with van der Waals surface area (Å²) in [5.41, 5.74) is 9.65. The molecule has 144 valence electrons. The number of nitrogens with two attached hydrogens (primary N) is 1. The van der Waals surface area contributed by atoms with E-state index < -0.39 is 5.91 Å². The third kappa shape index (κ3) is 2.33. The maximum Gasteiger partial charge on any atom is 0.306 e. The normalized spacial score (nSPS) is 14.6. The second-order valence-corrected chi connectivity index (χ2v) is 7.28. The van der Waals surface area contributed by atoms with Crippen molar-refractivity contribution >= 4 is 17.4 Å². The predicted octanol–water partition coefficient (Wildman–Crippen LogP) is 2.93. The third-order valence-corrected chi connectivity index (χ3v) is 5.59. The number of imidazole rings is 2. The number of amides is 1. The Kier molecular flexibility index (Phi) is 3.23. The molecule has 1 aliphatic carbocycles. The third-order valence-electron chi connectivity index (χ3n) is 5.59. The SMILES string of the molecule is NC(=O)c1cnc2ccc(-c3c(-c4ccn(C5CCC5)n4)nc4occn34)cn12. The average Bonchev–Trinajstić information content (AvgIpc) is 3.41. The molecule has 1 fully saturated rings. The minimum absolute atomic E-state index is 0.325. The smallest absolute Gasteiger partial charge is 0.306 e. The lowest BCUT2D eigenvalue weighted by molar-refractivity contribution is 0.0995. The van der Waals surface area contributed by atoms with E-state index >= 15 is 0 Å². The van der Waals surface area contributed by atoms with Gasteiger partial charge in [0, 0.05) is 24.2 Å². The zero-order valence-electron chi connectivity index (χ0n) is 15.4. The summed E-state index contributed by atoms with van der Waals surface area (Å²) in [5.74, 6) is -0.0510. The second kappa shape index (κ2) is 5.81. The summed E-state index contributed by atoms with van der Waals surface area (Å²) >= 11 is 0. The van der Waals surface area contributed by atoms with E-state index in [2.05, 4.69) is 9.97 Å². The number of oxazole rings is 1. The molecule has 0 saturated heterocycles. The largest absolute Gasteiger partial charge is 0.432 e. The Labute approximate surface area is 164 Å². The number of fused-ring (bicyclic) bond motifs is 2. The maximum atomic E-state index is 11.7. The molecular weight excluding hydrogens is 370 g/mol. The molecule has 5 aromatic rings. The number of carbonyl (C=O) groups excluding carboxylic acids is 1. The number of hydrogen-bond acceptors (Lipinski definition) is 5. The summed E-state index contributed by atoms with van der Waals surface area (Å²) in [7, 11) is 0. The molecule has 1 amide bonds. The second-order valence-electron chi connectivity index (χ2n) is 7.28. The molecule has 0 radical (unpaired) electrons. The molecule has 0 bridgehead atoms. The van der Waals surface area contributed by atoms with Crippen LogP contribution in [0.3, 0.4) is 0 Å². The first-order chi connectivity index (χ1) is 14.2. The minimum Gasteiger partial charge on any atom is -0.432 e. The van der Waals surface area contributed by atoms with E-state index in [1.165, 1.54) is 12.6 Å². The van der Waals surface area contributed by atoms with Crippen molar-refractivity contribution < 1.29 is 9.21 Å². The Morgan fingerprint density at radius 3 is 2.86 bits per heavy atom. The molecule has 5 aromatic heterocycles. The lowest BCUT2D eigenvalue weighted by Gasteiger charge is -2.25. The van der Waals surface area contributed by atoms with Gasteiger partial charge in [-0.15, -0.1) is 0 Å². The van der Waals surface area contributed by atoms with Gasteiger partial charge >= 0.3 is 5.84 Å². The van der Waals surface area contributed by atoms with Crippen LogP contribution in [0.25, 0.3) is 34.1 Å². The van der Waals surface area contributed by atoms with Crippen LogP contribution in [0.2, 0.25) is 0 Å². The Morgan fingerprint density at radius 1 is 1.17 bits per heavy atom. The Hall–Kier alpha value is -3.88. The molecule has 0 aliphatic heterocycles. The van der Waals surface area contributed by atoms with Crippen LogP contribution in [-0.4, -0.2) is 34.5 Å². The highest BCUT2D eigenvalue weighted by Gasteiger charge is 2.24. The number of hydrogen-bond donors (Lipinski definition) is 1. The predicted molar refractivity (Wildman–Crippen MR) is 104 cm³/mol. The monoisotopic (exact) mass is 387 g/mol. The fourth-order valence-electron chi connectivity index (χ4n) is 3.86. The number of pyridine rings is 1. The Morgan fingerprint density at radius 2 is 2.07 bits per heavy atom. The number of aromatic nitrogens is 6. The Balaban J connectivity index is 1.55. The molecule has 1 aliphatic rings. The molecule has 9 nitrogen and oxygen atoms in total. The molecule has 9 heteroatoms. The van der Waals surface area contributed by atoms with E-state index in [-0.39, 0.29) is 0 Å². The summed E-state index contributed by atoms with van der Waals surface area (Å²) in [4.78, 5) is 20.7. The zero-order chi connectivity index (χ0) is 19.5. The molecule has 0 spiro atoms. The summed E-state index contributed by atoms with van der Waals surface area (Å²) in [6.45, 7) is 0. The van der Waals surface area contributed by atoms with Crippen molar-refractivity contribution in [2.45, 2.75) is 25.3 Å². The van der Waals surface area contributed by atoms with E-state index in [1.807, 2.05) is 45.9 Å². The highest BCUT2D eigenvalue weighted by atomic mass is 16.3. The van der Waals surface area contributed by atoms with Gasteiger partial charge in [0.05, 0.1) is 17.9 Å². The maximum absolute atomic E-state index is 11.7. The van der Waals surface area contributed by atoms with Gasteiger partial charge in [0.25, 0.3) is 5.91 Å². The molecule has 1 saturated carbocycles. The number of rotatable bonds is 4. The molecule has 5 heterocycles. The van der Waals surface area contributed by atoms with Crippen molar-refractivity contribution in [1.82, 2.24) is 28.5 Å². The van der Waals surface area contributed by atoms with Crippen molar-refractivity contribution in [3.8, 4) is 22.6 Å². The molecular formula is C20H17N7O2. The lowest BCUT2D eigenvalue weighted by atomic mass is 9.93. The first kappa shape index (κ1) is 16.1. The van der Waals surface area contributed by atoms with Crippen LogP contribution in [0.4, 0.5) is 0 Å². The van der Waals surface area contributed by atoms with Crippen LogP contribution in [0.5, 0.6) is 0 Å². The van der Waals surface area contributed by atoms with Crippen molar-refractivity contribution in [3.05, 3.63) is 54.9 Å². The van der Waals surface area contributed by atoms with Gasteiger partial charge < -0.3 is 10.2 Å². The van der Waals surface area contributed by atoms with Gasteiger partial charge in [0.15, 0.2) is 0 Å². The molecule has 2 N–H and O–H groups in total. The van der Waals surface area contributed by atoms with Crippen molar-refractivity contribution in [2.24, 2.45) is 5.73 Å². The van der Waals surface area contributed by atoms with Gasteiger partial charge in [-0.1, -0.05) is 0 Å². The van der Waals surface area contributed by atoms with Gasteiger partial charge in [-0.3, -0.25) is 18.3 Å². The van der Waals surface area contributed by atoms with Gasteiger partial charge in [-0.25, -0.2) is 4.98 Å². The zero-order valence-corrected chi connectivity index (χ0v) is 15.4. The van der Waals surface area contributed by atoms with Gasteiger partial charge in [0.1, 0.15) is 29.0 Å². The first-order valence-corrected chi connectivity index (χ1v) is 9.47. The molecule has 0 atom stereocenters. The van der Waals surface area contributed by atoms with Crippen LogP contribution in [0, 0.1) is 0 Å². The molecule has 6 rings (SSSR count). The molecule has 29 heavy (non-hydrogen) atoms. The number of carbonyl (C=O) groups is 1. The summed E-state index contributed by atoms with van der Waals surface area (Å²) < 4.78 is 11.1. The fraction of sp³-hybridized carbons (Fsp3) is 0.200. The quantitative estimate of drug-likeness (QED) is 0.510. The first-order valence-electron chi connectivity index (χ1n) is 9.47. The van der Waals surface area contributed by atoms with Crippen LogP contribution in [0.1, 0.15) is 35.8 Å². The minimum atomic E-state index is -0.532. The molecule has 0 aromatic carbocycles. The van der Waals surface area contributed by atoms with Crippen LogP contribution >= 0.6 is 0 Å². The van der Waals surface area contributed by atoms with E-state index in [1.54, 1.807) is 10.7 Å². The van der Waals surface area contributed by atoms with Crippen LogP contribution in [0.15, 0.2) is 53.7 Å². The summed E-state index contributed by atoms with van der Waals surface area (Å²) in [5, 5.41) is 4.77.